The number of carbonyl (C=O) groups is 2. The minimum Gasteiger partial charge on any atom is -0.460 e. The van der Waals surface area contributed by atoms with E-state index in [2.05, 4.69) is 11.9 Å². The van der Waals surface area contributed by atoms with Crippen LogP contribution in [0.25, 0.3) is 0 Å². The van der Waals surface area contributed by atoms with Gasteiger partial charge < -0.3 is 34.1 Å². The molecule has 0 aromatic rings. The summed E-state index contributed by atoms with van der Waals surface area (Å²) in [4.78, 5) is 22.8. The molecule has 9 heteroatoms. The number of aliphatic hydroxyl groups excluding tert-OH is 1. The van der Waals surface area contributed by atoms with Gasteiger partial charge in [-0.25, -0.2) is 9.59 Å². The molecule has 0 aliphatic carbocycles. The van der Waals surface area contributed by atoms with Crippen LogP contribution in [0.15, 0.2) is 12.2 Å². The van der Waals surface area contributed by atoms with Crippen LogP contribution in [-0.2, 0) is 28.5 Å². The number of hydrogen-bond acceptors (Lipinski definition) is 8. The van der Waals surface area contributed by atoms with Crippen LogP contribution in [0.4, 0.5) is 4.79 Å². The Kier molecular flexibility index (Phi) is 14.4. The van der Waals surface area contributed by atoms with Gasteiger partial charge in [0, 0.05) is 5.57 Å². The normalized spacial score (nSPS) is 15.2. The van der Waals surface area contributed by atoms with Crippen LogP contribution in [0.5, 0.6) is 0 Å². The van der Waals surface area contributed by atoms with Gasteiger partial charge in [-0.15, -0.1) is 0 Å². The van der Waals surface area contributed by atoms with Crippen molar-refractivity contribution in [3.8, 4) is 0 Å². The van der Waals surface area contributed by atoms with Crippen molar-refractivity contribution in [2.45, 2.75) is 59.0 Å². The first-order chi connectivity index (χ1) is 13.1. The van der Waals surface area contributed by atoms with Gasteiger partial charge in [0.15, 0.2) is 0 Å². The molecule has 9 nitrogen and oxygen atoms in total. The van der Waals surface area contributed by atoms with E-state index in [9.17, 15) is 9.59 Å². The van der Waals surface area contributed by atoms with Crippen LogP contribution in [0.2, 0.25) is 0 Å². The van der Waals surface area contributed by atoms with Crippen molar-refractivity contribution in [2.75, 3.05) is 39.6 Å². The monoisotopic (exact) mass is 405 g/mol. The number of hydrogen-bond donors (Lipinski definition) is 2. The Bertz CT molecular complexity index is 471. The van der Waals surface area contributed by atoms with Crippen molar-refractivity contribution < 1.29 is 38.4 Å². The molecule has 0 fully saturated rings. The molecular formula is C19H35NO8. The zero-order valence-electron chi connectivity index (χ0n) is 17.6. The van der Waals surface area contributed by atoms with Crippen molar-refractivity contribution in [2.24, 2.45) is 0 Å². The lowest BCUT2D eigenvalue weighted by Gasteiger charge is -2.21. The molecule has 0 rings (SSSR count). The minimum atomic E-state index is -0.616. The average molecular weight is 405 g/mol. The zero-order valence-corrected chi connectivity index (χ0v) is 17.6. The number of amides is 1. The van der Waals surface area contributed by atoms with Gasteiger partial charge in [-0.3, -0.25) is 0 Å². The van der Waals surface area contributed by atoms with E-state index in [-0.39, 0.29) is 44.7 Å². The maximum Gasteiger partial charge on any atom is 0.407 e. The second kappa shape index (κ2) is 15.3. The van der Waals surface area contributed by atoms with Crippen molar-refractivity contribution in [3.05, 3.63) is 12.2 Å². The van der Waals surface area contributed by atoms with E-state index < -0.39 is 18.2 Å². The highest BCUT2D eigenvalue weighted by Crippen LogP contribution is 2.02. The molecule has 0 aromatic heterocycles. The number of ether oxygens (including phenoxy) is 5. The molecule has 0 aliphatic rings. The predicted molar refractivity (Wildman–Crippen MR) is 103 cm³/mol. The van der Waals surface area contributed by atoms with Gasteiger partial charge in [0.05, 0.1) is 51.3 Å². The summed E-state index contributed by atoms with van der Waals surface area (Å²) in [6.07, 6.45) is -1.60. The van der Waals surface area contributed by atoms with Crippen LogP contribution in [0.1, 0.15) is 34.6 Å². The molecule has 0 aromatic carbocycles. The van der Waals surface area contributed by atoms with E-state index >= 15 is 0 Å². The Morgan fingerprint density at radius 2 is 1.43 bits per heavy atom. The lowest BCUT2D eigenvalue weighted by atomic mass is 10.3. The van der Waals surface area contributed by atoms with E-state index in [1.54, 1.807) is 20.8 Å². The minimum absolute atomic E-state index is 0.0304. The SMILES string of the molecule is C=C(C)C(=O)OCCNC(=O)OC(C)COC(C)COC(C)COC(C)CO. The number of alkyl carbamates (subject to hydrolysis) is 1. The zero-order chi connectivity index (χ0) is 21.5. The molecule has 0 aliphatic heterocycles. The third kappa shape index (κ3) is 14.4. The van der Waals surface area contributed by atoms with E-state index in [1.807, 2.05) is 13.8 Å². The molecule has 164 valence electrons. The number of rotatable bonds is 15. The summed E-state index contributed by atoms with van der Waals surface area (Å²) < 4.78 is 26.6. The van der Waals surface area contributed by atoms with Crippen LogP contribution in [0.3, 0.4) is 0 Å². The number of aliphatic hydroxyl groups is 1. The molecule has 4 atom stereocenters. The maximum atomic E-state index is 11.6. The van der Waals surface area contributed by atoms with Crippen LogP contribution < -0.4 is 5.32 Å². The molecule has 0 heterocycles. The lowest BCUT2D eigenvalue weighted by molar-refractivity contribution is -0.138. The van der Waals surface area contributed by atoms with Crippen LogP contribution in [0, 0.1) is 0 Å². The molecular weight excluding hydrogens is 370 g/mol. The lowest BCUT2D eigenvalue weighted by Crippen LogP contribution is -2.33. The second-order valence-electron chi connectivity index (χ2n) is 6.67. The quantitative estimate of drug-likeness (QED) is 0.239. The maximum absolute atomic E-state index is 11.6. The largest absolute Gasteiger partial charge is 0.460 e. The van der Waals surface area contributed by atoms with E-state index in [0.717, 1.165) is 0 Å². The molecule has 4 unspecified atom stereocenters. The van der Waals surface area contributed by atoms with Gasteiger partial charge in [0.2, 0.25) is 0 Å². The van der Waals surface area contributed by atoms with E-state index in [0.29, 0.717) is 18.8 Å². The molecule has 0 bridgehead atoms. The molecule has 28 heavy (non-hydrogen) atoms. The fourth-order valence-electron chi connectivity index (χ4n) is 1.73. The van der Waals surface area contributed by atoms with Crippen LogP contribution >= 0.6 is 0 Å². The van der Waals surface area contributed by atoms with Crippen molar-refractivity contribution in [3.63, 3.8) is 0 Å². The molecule has 2 N–H and O–H groups in total. The van der Waals surface area contributed by atoms with Gasteiger partial charge in [-0.1, -0.05) is 6.58 Å². The van der Waals surface area contributed by atoms with Gasteiger partial charge in [0.25, 0.3) is 0 Å². The van der Waals surface area contributed by atoms with E-state index in [1.165, 1.54) is 0 Å². The third-order valence-electron chi connectivity index (χ3n) is 3.36. The standard InChI is InChI=1S/C19H35NO8/c1-13(2)18(22)24-8-7-20-19(23)28-17(6)12-27-16(5)11-26-15(4)10-25-14(3)9-21/h14-17,21H,1,7-12H2,2-6H3,(H,20,23). The number of nitrogens with one attached hydrogen (secondary N) is 1. The second-order valence-corrected chi connectivity index (χ2v) is 6.67. The Balaban J connectivity index is 3.80. The number of esters is 1. The predicted octanol–water partition coefficient (Wildman–Crippen LogP) is 1.43. The summed E-state index contributed by atoms with van der Waals surface area (Å²) in [7, 11) is 0. The van der Waals surface area contributed by atoms with Crippen LogP contribution in [-0.4, -0.2) is 81.2 Å². The highest BCUT2D eigenvalue weighted by Gasteiger charge is 2.13. The summed E-state index contributed by atoms with van der Waals surface area (Å²) in [5, 5.41) is 11.4. The molecule has 0 radical (unpaired) electrons. The van der Waals surface area contributed by atoms with Crippen molar-refractivity contribution in [1.82, 2.24) is 5.32 Å². The summed E-state index contributed by atoms with van der Waals surface area (Å²) >= 11 is 0. The van der Waals surface area contributed by atoms with Crippen molar-refractivity contribution in [1.29, 1.82) is 0 Å². The first-order valence-electron chi connectivity index (χ1n) is 9.38. The first kappa shape index (κ1) is 26.3. The topological polar surface area (TPSA) is 113 Å². The van der Waals surface area contributed by atoms with Gasteiger partial charge in [0.1, 0.15) is 12.7 Å². The van der Waals surface area contributed by atoms with E-state index in [4.69, 9.17) is 28.8 Å². The summed E-state index contributed by atoms with van der Waals surface area (Å²) in [6.45, 7) is 13.3. The first-order valence-corrected chi connectivity index (χ1v) is 9.38. The Hall–Kier alpha value is -1.68. The Morgan fingerprint density at radius 3 is 1.93 bits per heavy atom. The summed E-state index contributed by atoms with van der Waals surface area (Å²) in [5.41, 5.74) is 0.299. The summed E-state index contributed by atoms with van der Waals surface area (Å²) in [5.74, 6) is -0.503. The Morgan fingerprint density at radius 1 is 0.929 bits per heavy atom. The van der Waals surface area contributed by atoms with Crippen molar-refractivity contribution >= 4 is 12.1 Å². The Labute approximate surface area is 167 Å². The molecule has 0 spiro atoms. The molecule has 0 saturated heterocycles. The number of carbonyl (C=O) groups excluding carboxylic acids is 2. The molecule has 1 amide bonds. The fourth-order valence-corrected chi connectivity index (χ4v) is 1.73. The average Bonchev–Trinajstić information content (AvgIpc) is 2.65. The van der Waals surface area contributed by atoms with Gasteiger partial charge in [-0.2, -0.15) is 0 Å². The smallest absolute Gasteiger partial charge is 0.407 e. The summed E-state index contributed by atoms with van der Waals surface area (Å²) in [6, 6.07) is 0. The fraction of sp³-hybridized carbons (Fsp3) is 0.789. The van der Waals surface area contributed by atoms with Gasteiger partial charge in [-0.05, 0) is 34.6 Å². The van der Waals surface area contributed by atoms with Gasteiger partial charge >= 0.3 is 12.1 Å². The highest BCUT2D eigenvalue weighted by atomic mass is 16.6. The third-order valence-corrected chi connectivity index (χ3v) is 3.36. The highest BCUT2D eigenvalue weighted by molar-refractivity contribution is 5.86. The molecule has 0 saturated carbocycles.